The molecule has 1 aliphatic heterocycles. The fraction of sp³-hybridized carbons (Fsp3) is 0.595. The number of hydrogen-bond donors (Lipinski definition) is 4. The van der Waals surface area contributed by atoms with Crippen LogP contribution in [0.25, 0.3) is 0 Å². The molecule has 254 valence electrons. The summed E-state index contributed by atoms with van der Waals surface area (Å²) in [7, 11) is 1.94. The molecule has 1 heterocycles. The highest BCUT2D eigenvalue weighted by Crippen LogP contribution is 2.22. The summed E-state index contributed by atoms with van der Waals surface area (Å²) in [4.78, 5) is 42.3. The Morgan fingerprint density at radius 3 is 2.07 bits per heavy atom. The summed E-state index contributed by atoms with van der Waals surface area (Å²) < 4.78 is 5.51. The van der Waals surface area contributed by atoms with Crippen LogP contribution in [-0.4, -0.2) is 77.9 Å². The van der Waals surface area contributed by atoms with Crippen LogP contribution in [0.3, 0.4) is 0 Å². The topological polar surface area (TPSA) is 120 Å². The van der Waals surface area contributed by atoms with E-state index in [0.29, 0.717) is 32.0 Å². The van der Waals surface area contributed by atoms with Crippen molar-refractivity contribution >= 4 is 17.9 Å². The highest BCUT2D eigenvalue weighted by atomic mass is 16.6. The molecule has 4 atom stereocenters. The van der Waals surface area contributed by atoms with E-state index in [4.69, 9.17) is 4.74 Å². The molecule has 0 saturated carbocycles. The van der Waals surface area contributed by atoms with Gasteiger partial charge in [-0.25, -0.2) is 4.79 Å². The second-order valence-electron chi connectivity index (χ2n) is 13.9. The first-order chi connectivity index (χ1) is 21.9. The van der Waals surface area contributed by atoms with Gasteiger partial charge in [-0.1, -0.05) is 74.5 Å². The number of nitrogens with zero attached hydrogens (tertiary/aromatic N) is 1. The molecule has 46 heavy (non-hydrogen) atoms. The minimum atomic E-state index is -1.03. The van der Waals surface area contributed by atoms with Crippen LogP contribution in [0.4, 0.5) is 4.79 Å². The van der Waals surface area contributed by atoms with E-state index in [-0.39, 0.29) is 24.2 Å². The lowest BCUT2D eigenvalue weighted by Gasteiger charge is -2.36. The third kappa shape index (κ3) is 12.4. The average molecular weight is 637 g/mol. The van der Waals surface area contributed by atoms with Crippen LogP contribution in [0, 0.1) is 11.8 Å². The van der Waals surface area contributed by atoms with Crippen molar-refractivity contribution in [3.63, 3.8) is 0 Å². The third-order valence-corrected chi connectivity index (χ3v) is 8.67. The lowest BCUT2D eigenvalue weighted by Crippen LogP contribution is -2.55. The molecule has 0 aliphatic carbocycles. The zero-order valence-corrected chi connectivity index (χ0v) is 28.6. The molecule has 4 unspecified atom stereocenters. The fourth-order valence-corrected chi connectivity index (χ4v) is 5.99. The Kier molecular flexibility index (Phi) is 14.5. The number of aryl methyl sites for hydroxylation is 1. The molecule has 2 aromatic rings. The van der Waals surface area contributed by atoms with Crippen LogP contribution in [0.15, 0.2) is 60.7 Å². The van der Waals surface area contributed by atoms with E-state index in [2.05, 4.69) is 28.1 Å². The van der Waals surface area contributed by atoms with Crippen molar-refractivity contribution in [3.05, 3.63) is 71.8 Å². The number of likely N-dealkylation sites (tertiary alicyclic amines) is 1. The lowest BCUT2D eigenvalue weighted by atomic mass is 9.88. The average Bonchev–Trinajstić information content (AvgIpc) is 3.02. The second kappa shape index (κ2) is 18.0. The quantitative estimate of drug-likeness (QED) is 0.222. The summed E-state index contributed by atoms with van der Waals surface area (Å²) in [6.07, 6.45) is 2.64. The number of aliphatic hydroxyl groups is 1. The largest absolute Gasteiger partial charge is 0.444 e. The zero-order valence-electron chi connectivity index (χ0n) is 28.6. The molecule has 2 aromatic carbocycles. The number of nitrogens with one attached hydrogen (secondary N) is 3. The van der Waals surface area contributed by atoms with Crippen LogP contribution in [0.1, 0.15) is 77.8 Å². The van der Waals surface area contributed by atoms with Crippen LogP contribution in [0.2, 0.25) is 0 Å². The van der Waals surface area contributed by atoms with Crippen LogP contribution in [0.5, 0.6) is 0 Å². The van der Waals surface area contributed by atoms with Gasteiger partial charge < -0.3 is 30.7 Å². The predicted molar refractivity (Wildman–Crippen MR) is 182 cm³/mol. The number of benzene rings is 2. The maximum Gasteiger partial charge on any atom is 0.407 e. The summed E-state index contributed by atoms with van der Waals surface area (Å²) >= 11 is 0. The van der Waals surface area contributed by atoms with Crippen molar-refractivity contribution in [1.29, 1.82) is 0 Å². The van der Waals surface area contributed by atoms with Gasteiger partial charge >= 0.3 is 6.09 Å². The van der Waals surface area contributed by atoms with E-state index in [0.717, 1.165) is 31.2 Å². The third-order valence-electron chi connectivity index (χ3n) is 8.67. The van der Waals surface area contributed by atoms with Crippen molar-refractivity contribution in [2.45, 2.75) is 109 Å². The second-order valence-corrected chi connectivity index (χ2v) is 13.9. The molecule has 9 heteroatoms. The van der Waals surface area contributed by atoms with Gasteiger partial charge in [0.05, 0.1) is 12.1 Å². The van der Waals surface area contributed by atoms with Gasteiger partial charge in [-0.15, -0.1) is 0 Å². The number of alkyl carbamates (subject to hydrolysis) is 1. The predicted octanol–water partition coefficient (Wildman–Crippen LogP) is 4.86. The number of piperidine rings is 1. The summed E-state index contributed by atoms with van der Waals surface area (Å²) in [5, 5.41) is 20.9. The Hall–Kier alpha value is -3.43. The molecular formula is C37H56N4O5. The molecule has 3 amide bonds. The highest BCUT2D eigenvalue weighted by Gasteiger charge is 2.34. The maximum absolute atomic E-state index is 14.0. The Balaban J connectivity index is 1.78. The fourth-order valence-electron chi connectivity index (χ4n) is 5.99. The Morgan fingerprint density at radius 1 is 0.935 bits per heavy atom. The molecule has 1 aliphatic rings. The van der Waals surface area contributed by atoms with Gasteiger partial charge in [0.25, 0.3) is 0 Å². The van der Waals surface area contributed by atoms with E-state index in [1.54, 1.807) is 20.8 Å². The van der Waals surface area contributed by atoms with Crippen molar-refractivity contribution < 1.29 is 24.2 Å². The van der Waals surface area contributed by atoms with E-state index < -0.39 is 35.8 Å². The SMILES string of the molecule is CNC1CCN(C(=O)C(NC(=O)C(CCCc2ccccc2)CC(O)C(Cc2ccccc2)NC(=O)OC(C)(C)C)C(C)C)CC1. The monoisotopic (exact) mass is 636 g/mol. The molecular weight excluding hydrogens is 580 g/mol. The zero-order chi connectivity index (χ0) is 33.7. The normalized spacial score (nSPS) is 16.7. The molecule has 0 bridgehead atoms. The van der Waals surface area contributed by atoms with Crippen LogP contribution < -0.4 is 16.0 Å². The molecule has 9 nitrogen and oxygen atoms in total. The standard InChI is InChI=1S/C37H56N4O5/c1-26(2)33(35(44)41-22-20-30(38-6)21-23-41)40-34(43)29(19-13-18-27-14-9-7-10-15-27)25-32(42)31(24-28-16-11-8-12-17-28)39-36(45)46-37(3,4)5/h7-12,14-17,26,29-33,38,42H,13,18-25H2,1-6H3,(H,39,45)(H,40,43). The number of carbonyl (C=O) groups excluding carboxylic acids is 3. The molecule has 1 fully saturated rings. The van der Waals surface area contributed by atoms with Gasteiger partial charge in [-0.3, -0.25) is 9.59 Å². The van der Waals surface area contributed by atoms with Gasteiger partial charge in [-0.2, -0.15) is 0 Å². The van der Waals surface area contributed by atoms with Gasteiger partial charge in [-0.05, 0) is 89.8 Å². The molecule has 3 rings (SSSR count). The number of hydrogen-bond acceptors (Lipinski definition) is 6. The maximum atomic E-state index is 14.0. The molecule has 0 radical (unpaired) electrons. The summed E-state index contributed by atoms with van der Waals surface area (Å²) in [5.74, 6) is -0.982. The number of amides is 3. The van der Waals surface area contributed by atoms with E-state index in [1.807, 2.05) is 74.3 Å². The Labute approximate surface area is 275 Å². The minimum absolute atomic E-state index is 0.0602. The number of rotatable bonds is 15. The Morgan fingerprint density at radius 2 is 1.52 bits per heavy atom. The van der Waals surface area contributed by atoms with Gasteiger partial charge in [0.15, 0.2) is 0 Å². The number of aliphatic hydroxyl groups excluding tert-OH is 1. The Bertz CT molecular complexity index is 1210. The highest BCUT2D eigenvalue weighted by molar-refractivity contribution is 5.88. The van der Waals surface area contributed by atoms with Crippen molar-refractivity contribution in [2.24, 2.45) is 11.8 Å². The summed E-state index contributed by atoms with van der Waals surface area (Å²) in [6.45, 7) is 10.6. The lowest BCUT2D eigenvalue weighted by molar-refractivity contribution is -0.140. The van der Waals surface area contributed by atoms with Gasteiger partial charge in [0, 0.05) is 25.0 Å². The first kappa shape index (κ1) is 37.0. The summed E-state index contributed by atoms with van der Waals surface area (Å²) in [5.41, 5.74) is 1.42. The van der Waals surface area contributed by atoms with Crippen molar-refractivity contribution in [1.82, 2.24) is 20.9 Å². The number of ether oxygens (including phenoxy) is 1. The van der Waals surface area contributed by atoms with Crippen molar-refractivity contribution in [3.8, 4) is 0 Å². The van der Waals surface area contributed by atoms with Gasteiger partial charge in [0.1, 0.15) is 11.6 Å². The smallest absolute Gasteiger partial charge is 0.407 e. The minimum Gasteiger partial charge on any atom is -0.444 e. The molecule has 4 N–H and O–H groups in total. The molecule has 1 saturated heterocycles. The van der Waals surface area contributed by atoms with Crippen molar-refractivity contribution in [2.75, 3.05) is 20.1 Å². The van der Waals surface area contributed by atoms with Gasteiger partial charge in [0.2, 0.25) is 11.8 Å². The van der Waals surface area contributed by atoms with Crippen LogP contribution >= 0.6 is 0 Å². The van der Waals surface area contributed by atoms with E-state index in [1.165, 1.54) is 5.56 Å². The van der Waals surface area contributed by atoms with E-state index in [9.17, 15) is 19.5 Å². The van der Waals surface area contributed by atoms with Crippen LogP contribution in [-0.2, 0) is 27.2 Å². The molecule has 0 aromatic heterocycles. The van der Waals surface area contributed by atoms with E-state index >= 15 is 0 Å². The first-order valence-electron chi connectivity index (χ1n) is 16.9. The summed E-state index contributed by atoms with van der Waals surface area (Å²) in [6, 6.07) is 18.8. The number of carbonyl (C=O) groups is 3. The molecule has 0 spiro atoms. The first-order valence-corrected chi connectivity index (χ1v) is 16.9.